The number of carbonyl (C=O) groups is 1. The van der Waals surface area contributed by atoms with E-state index >= 15 is 0 Å². The Morgan fingerprint density at radius 2 is 2.05 bits per heavy atom. The normalized spacial score (nSPS) is 23.7. The Kier molecular flexibility index (Phi) is 8.21. The van der Waals surface area contributed by atoms with Crippen molar-refractivity contribution in [3.8, 4) is 0 Å². The summed E-state index contributed by atoms with van der Waals surface area (Å²) in [6.45, 7) is 5.27. The molecule has 112 valence electrons. The summed E-state index contributed by atoms with van der Waals surface area (Å²) in [7, 11) is 3.41. The van der Waals surface area contributed by atoms with Crippen molar-refractivity contribution in [1.29, 1.82) is 0 Å². The van der Waals surface area contributed by atoms with Crippen LogP contribution in [0, 0.1) is 5.41 Å². The summed E-state index contributed by atoms with van der Waals surface area (Å²) in [6, 6.07) is 0. The van der Waals surface area contributed by atoms with Crippen molar-refractivity contribution in [1.82, 2.24) is 4.90 Å². The molecule has 1 unspecified atom stereocenters. The third kappa shape index (κ3) is 5.99. The first-order chi connectivity index (χ1) is 9.26. The lowest BCUT2D eigenvalue weighted by Crippen LogP contribution is -2.45. The average Bonchev–Trinajstić information content (AvgIpc) is 2.46. The summed E-state index contributed by atoms with van der Waals surface area (Å²) in [6.07, 6.45) is 3.94. The minimum Gasteiger partial charge on any atom is -0.385 e. The highest BCUT2D eigenvalue weighted by molar-refractivity contribution is 5.60. The third-order valence-corrected chi connectivity index (χ3v) is 3.58. The van der Waals surface area contributed by atoms with Gasteiger partial charge in [0.1, 0.15) is 6.29 Å². The first-order valence-electron chi connectivity index (χ1n) is 7.00. The summed E-state index contributed by atoms with van der Waals surface area (Å²) in [5.41, 5.74) is -0.334. The molecule has 1 heterocycles. The highest BCUT2D eigenvalue weighted by atomic mass is 16.5. The molecule has 0 saturated carbocycles. The fraction of sp³-hybridized carbons (Fsp3) is 0.929. The predicted molar refractivity (Wildman–Crippen MR) is 73.4 cm³/mol. The van der Waals surface area contributed by atoms with Gasteiger partial charge in [-0.3, -0.25) is 4.90 Å². The Bertz CT molecular complexity index is 242. The lowest BCUT2D eigenvalue weighted by molar-refractivity contribution is -0.125. The SMILES string of the molecule is COCCCN(CCOC)CC1(C=O)CCCOC1. The van der Waals surface area contributed by atoms with Gasteiger partial charge in [0.2, 0.25) is 0 Å². The van der Waals surface area contributed by atoms with E-state index in [1.54, 1.807) is 14.2 Å². The van der Waals surface area contributed by atoms with Crippen molar-refractivity contribution in [3.63, 3.8) is 0 Å². The molecule has 5 nitrogen and oxygen atoms in total. The molecule has 1 fully saturated rings. The topological polar surface area (TPSA) is 48.0 Å². The van der Waals surface area contributed by atoms with Gasteiger partial charge in [-0.2, -0.15) is 0 Å². The number of ether oxygens (including phenoxy) is 3. The van der Waals surface area contributed by atoms with Crippen LogP contribution in [0.5, 0.6) is 0 Å². The van der Waals surface area contributed by atoms with Crippen LogP contribution < -0.4 is 0 Å². The molecule has 1 saturated heterocycles. The van der Waals surface area contributed by atoms with Crippen molar-refractivity contribution in [2.45, 2.75) is 19.3 Å². The maximum Gasteiger partial charge on any atom is 0.129 e. The highest BCUT2D eigenvalue weighted by Gasteiger charge is 2.34. The molecule has 0 radical (unpaired) electrons. The Labute approximate surface area is 116 Å². The molecule has 0 aromatic rings. The van der Waals surface area contributed by atoms with E-state index in [9.17, 15) is 4.79 Å². The van der Waals surface area contributed by atoms with Crippen LogP contribution in [-0.4, -0.2) is 71.5 Å². The largest absolute Gasteiger partial charge is 0.385 e. The maximum absolute atomic E-state index is 11.5. The van der Waals surface area contributed by atoms with Crippen molar-refractivity contribution in [3.05, 3.63) is 0 Å². The van der Waals surface area contributed by atoms with Gasteiger partial charge in [-0.1, -0.05) is 0 Å². The van der Waals surface area contributed by atoms with Gasteiger partial charge < -0.3 is 19.0 Å². The zero-order valence-corrected chi connectivity index (χ0v) is 12.2. The summed E-state index contributed by atoms with van der Waals surface area (Å²) >= 11 is 0. The molecule has 0 spiro atoms. The zero-order chi connectivity index (χ0) is 14.0. The van der Waals surface area contributed by atoms with Gasteiger partial charge >= 0.3 is 0 Å². The number of rotatable bonds is 10. The minimum absolute atomic E-state index is 0.334. The van der Waals surface area contributed by atoms with Crippen LogP contribution in [0.2, 0.25) is 0 Å². The predicted octanol–water partition coefficient (Wildman–Crippen LogP) is 0.967. The minimum atomic E-state index is -0.334. The molecule has 0 amide bonds. The molecule has 0 aliphatic carbocycles. The molecular weight excluding hydrogens is 246 g/mol. The van der Waals surface area contributed by atoms with Gasteiger partial charge in [0.15, 0.2) is 0 Å². The lowest BCUT2D eigenvalue weighted by Gasteiger charge is -2.36. The Balaban J connectivity index is 2.49. The van der Waals surface area contributed by atoms with Crippen molar-refractivity contribution < 1.29 is 19.0 Å². The van der Waals surface area contributed by atoms with Crippen molar-refractivity contribution >= 4 is 6.29 Å². The summed E-state index contributed by atoms with van der Waals surface area (Å²) in [5, 5.41) is 0. The number of carbonyl (C=O) groups excluding carboxylic acids is 1. The summed E-state index contributed by atoms with van der Waals surface area (Å²) < 4.78 is 15.7. The molecule has 0 aromatic carbocycles. The lowest BCUT2D eigenvalue weighted by atomic mass is 9.83. The smallest absolute Gasteiger partial charge is 0.129 e. The standard InChI is InChI=1S/C14H27NO4/c1-17-8-4-6-15(7-10-18-2)11-14(12-16)5-3-9-19-13-14/h12H,3-11,13H2,1-2H3. The van der Waals surface area contributed by atoms with E-state index in [1.807, 2.05) is 0 Å². The summed E-state index contributed by atoms with van der Waals surface area (Å²) in [4.78, 5) is 13.7. The van der Waals surface area contributed by atoms with E-state index in [4.69, 9.17) is 14.2 Å². The first kappa shape index (κ1) is 16.6. The molecule has 0 aromatic heterocycles. The number of aldehydes is 1. The second kappa shape index (κ2) is 9.42. The number of hydrogen-bond donors (Lipinski definition) is 0. The van der Waals surface area contributed by atoms with E-state index in [0.29, 0.717) is 13.2 Å². The maximum atomic E-state index is 11.5. The van der Waals surface area contributed by atoms with E-state index in [1.165, 1.54) is 0 Å². The van der Waals surface area contributed by atoms with Gasteiger partial charge in [-0.15, -0.1) is 0 Å². The van der Waals surface area contributed by atoms with Gasteiger partial charge in [0.05, 0.1) is 18.6 Å². The second-order valence-electron chi connectivity index (χ2n) is 5.25. The first-order valence-corrected chi connectivity index (χ1v) is 7.00. The summed E-state index contributed by atoms with van der Waals surface area (Å²) in [5.74, 6) is 0. The van der Waals surface area contributed by atoms with Crippen LogP contribution in [0.4, 0.5) is 0 Å². The van der Waals surface area contributed by atoms with Crippen LogP contribution in [-0.2, 0) is 19.0 Å². The fourth-order valence-electron chi connectivity index (χ4n) is 2.50. The van der Waals surface area contributed by atoms with Crippen LogP contribution in [0.1, 0.15) is 19.3 Å². The number of nitrogens with zero attached hydrogens (tertiary/aromatic N) is 1. The third-order valence-electron chi connectivity index (χ3n) is 3.58. The van der Waals surface area contributed by atoms with Gasteiger partial charge in [0, 0.05) is 47.1 Å². The monoisotopic (exact) mass is 273 g/mol. The quantitative estimate of drug-likeness (QED) is 0.438. The molecular formula is C14H27NO4. The Morgan fingerprint density at radius 1 is 1.26 bits per heavy atom. The van der Waals surface area contributed by atoms with Crippen molar-refractivity contribution in [2.24, 2.45) is 5.41 Å². The molecule has 5 heteroatoms. The molecule has 1 atom stereocenters. The molecule has 0 N–H and O–H groups in total. The van der Waals surface area contributed by atoms with Crippen LogP contribution >= 0.6 is 0 Å². The Hall–Kier alpha value is -0.490. The van der Waals surface area contributed by atoms with Gasteiger partial charge in [0.25, 0.3) is 0 Å². The Morgan fingerprint density at radius 3 is 2.63 bits per heavy atom. The van der Waals surface area contributed by atoms with Crippen molar-refractivity contribution in [2.75, 3.05) is 60.3 Å². The molecule has 1 aliphatic heterocycles. The average molecular weight is 273 g/mol. The van der Waals surface area contributed by atoms with Crippen LogP contribution in [0.25, 0.3) is 0 Å². The molecule has 0 bridgehead atoms. The van der Waals surface area contributed by atoms with E-state index in [0.717, 1.165) is 58.4 Å². The second-order valence-corrected chi connectivity index (χ2v) is 5.25. The molecule has 1 rings (SSSR count). The van der Waals surface area contributed by atoms with Gasteiger partial charge in [-0.25, -0.2) is 0 Å². The van der Waals surface area contributed by atoms with E-state index in [2.05, 4.69) is 4.90 Å². The molecule has 19 heavy (non-hydrogen) atoms. The number of methoxy groups -OCH3 is 2. The van der Waals surface area contributed by atoms with Gasteiger partial charge in [-0.05, 0) is 19.3 Å². The zero-order valence-electron chi connectivity index (χ0n) is 12.2. The van der Waals surface area contributed by atoms with E-state index in [-0.39, 0.29) is 5.41 Å². The highest BCUT2D eigenvalue weighted by Crippen LogP contribution is 2.27. The van der Waals surface area contributed by atoms with Crippen LogP contribution in [0.15, 0.2) is 0 Å². The molecule has 1 aliphatic rings. The van der Waals surface area contributed by atoms with Crippen LogP contribution in [0.3, 0.4) is 0 Å². The van der Waals surface area contributed by atoms with E-state index < -0.39 is 0 Å². The fourth-order valence-corrected chi connectivity index (χ4v) is 2.50. The number of hydrogen-bond acceptors (Lipinski definition) is 5.